The van der Waals surface area contributed by atoms with Gasteiger partial charge in [0.05, 0.1) is 37.6 Å². The number of methoxy groups -OCH3 is 1. The molecule has 4 aromatic rings. The van der Waals surface area contributed by atoms with Gasteiger partial charge >= 0.3 is 0 Å². The quantitative estimate of drug-likeness (QED) is 0.403. The van der Waals surface area contributed by atoms with Gasteiger partial charge in [-0.15, -0.1) is 0 Å². The Kier molecular flexibility index (Phi) is 5.47. The van der Waals surface area contributed by atoms with E-state index in [-0.39, 0.29) is 0 Å². The molecule has 2 aromatic carbocycles. The Balaban J connectivity index is 1.67. The number of hydrogen-bond acceptors (Lipinski definition) is 7. The van der Waals surface area contributed by atoms with Crippen molar-refractivity contribution >= 4 is 22.3 Å². The van der Waals surface area contributed by atoms with Crippen molar-refractivity contribution in [1.29, 1.82) is 5.26 Å². The summed E-state index contributed by atoms with van der Waals surface area (Å²) in [6.07, 6.45) is 3.60. The van der Waals surface area contributed by atoms with Crippen molar-refractivity contribution in [2.24, 2.45) is 0 Å². The smallest absolute Gasteiger partial charge is 0.225 e. The van der Waals surface area contributed by atoms with Gasteiger partial charge < -0.3 is 23.5 Å². The summed E-state index contributed by atoms with van der Waals surface area (Å²) in [6.45, 7) is 3.45. The van der Waals surface area contributed by atoms with Crippen molar-refractivity contribution in [2.45, 2.75) is 19.3 Å². The second-order valence-electron chi connectivity index (χ2n) is 7.89. The number of rotatable bonds is 6. The fourth-order valence-electron chi connectivity index (χ4n) is 4.07. The van der Waals surface area contributed by atoms with Gasteiger partial charge in [0, 0.05) is 30.0 Å². The number of aromatic nitrogens is 1. The fourth-order valence-corrected chi connectivity index (χ4v) is 4.07. The largest absolute Gasteiger partial charge is 0.493 e. The number of fused-ring (bicyclic) bond motifs is 1. The van der Waals surface area contributed by atoms with Gasteiger partial charge in [-0.2, -0.15) is 5.26 Å². The Labute approximate surface area is 191 Å². The van der Waals surface area contributed by atoms with Gasteiger partial charge in [-0.1, -0.05) is 6.07 Å². The SMILES string of the molecule is COc1ccc(N(Cc2cccnc2)c2ccc(C#N)cc2)c2cc(C3(C)OCCO3)oc12. The zero-order valence-corrected chi connectivity index (χ0v) is 18.4. The van der Waals surface area contributed by atoms with Gasteiger partial charge in [-0.25, -0.2) is 0 Å². The van der Waals surface area contributed by atoms with Gasteiger partial charge in [-0.05, 0) is 61.0 Å². The molecule has 33 heavy (non-hydrogen) atoms. The zero-order valence-electron chi connectivity index (χ0n) is 18.4. The van der Waals surface area contributed by atoms with Crippen LogP contribution in [0.4, 0.5) is 11.4 Å². The molecule has 1 aliphatic heterocycles. The van der Waals surface area contributed by atoms with E-state index in [0.29, 0.717) is 42.4 Å². The van der Waals surface area contributed by atoms with Gasteiger partial charge in [0.1, 0.15) is 0 Å². The van der Waals surface area contributed by atoms with E-state index < -0.39 is 5.79 Å². The molecule has 0 N–H and O–H groups in total. The van der Waals surface area contributed by atoms with E-state index in [0.717, 1.165) is 22.3 Å². The third-order valence-corrected chi connectivity index (χ3v) is 5.79. The van der Waals surface area contributed by atoms with Crippen LogP contribution >= 0.6 is 0 Å². The minimum absolute atomic E-state index is 0.510. The van der Waals surface area contributed by atoms with Crippen LogP contribution in [0.5, 0.6) is 5.75 Å². The minimum atomic E-state index is -0.941. The summed E-state index contributed by atoms with van der Waals surface area (Å²) in [6, 6.07) is 19.5. The topological polar surface area (TPSA) is 80.8 Å². The van der Waals surface area contributed by atoms with Gasteiger partial charge in [-0.3, -0.25) is 4.98 Å². The average Bonchev–Trinajstić information content (AvgIpc) is 3.51. The average molecular weight is 441 g/mol. The maximum Gasteiger partial charge on any atom is 0.225 e. The van der Waals surface area contributed by atoms with Crippen molar-refractivity contribution in [3.05, 3.63) is 83.9 Å². The van der Waals surface area contributed by atoms with Crippen molar-refractivity contribution in [2.75, 3.05) is 25.2 Å². The van der Waals surface area contributed by atoms with Crippen molar-refractivity contribution in [3.8, 4) is 11.8 Å². The van der Waals surface area contributed by atoms with Crippen LogP contribution in [0.15, 0.2) is 71.4 Å². The summed E-state index contributed by atoms with van der Waals surface area (Å²) in [7, 11) is 1.62. The summed E-state index contributed by atoms with van der Waals surface area (Å²) in [4.78, 5) is 6.43. The van der Waals surface area contributed by atoms with E-state index in [1.165, 1.54) is 0 Å². The molecular formula is C26H23N3O4. The molecule has 0 unspecified atom stereocenters. The third kappa shape index (κ3) is 3.91. The van der Waals surface area contributed by atoms with Crippen LogP contribution in [0.2, 0.25) is 0 Å². The molecule has 7 nitrogen and oxygen atoms in total. The summed E-state index contributed by atoms with van der Waals surface area (Å²) < 4.78 is 23.5. The van der Waals surface area contributed by atoms with Crippen LogP contribution in [0.1, 0.15) is 23.8 Å². The summed E-state index contributed by atoms with van der Waals surface area (Å²) in [5.74, 6) is 0.272. The monoisotopic (exact) mass is 441 g/mol. The van der Waals surface area contributed by atoms with E-state index in [2.05, 4.69) is 16.0 Å². The number of ether oxygens (including phenoxy) is 3. The normalized spacial score (nSPS) is 14.8. The number of benzene rings is 2. The molecule has 1 aliphatic rings. The maximum absolute atomic E-state index is 9.23. The lowest BCUT2D eigenvalue weighted by Gasteiger charge is -2.26. The highest BCUT2D eigenvalue weighted by atomic mass is 16.7. The molecule has 0 spiro atoms. The maximum atomic E-state index is 9.23. The third-order valence-electron chi connectivity index (χ3n) is 5.79. The predicted molar refractivity (Wildman–Crippen MR) is 123 cm³/mol. The molecule has 2 aromatic heterocycles. The molecule has 166 valence electrons. The second kappa shape index (κ2) is 8.58. The first-order valence-corrected chi connectivity index (χ1v) is 10.7. The van der Waals surface area contributed by atoms with Crippen LogP contribution in [-0.4, -0.2) is 25.3 Å². The van der Waals surface area contributed by atoms with Crippen molar-refractivity contribution < 1.29 is 18.6 Å². The molecule has 0 aliphatic carbocycles. The zero-order chi connectivity index (χ0) is 22.8. The number of nitriles is 1. The Morgan fingerprint density at radius 2 is 1.91 bits per heavy atom. The molecule has 1 saturated heterocycles. The molecular weight excluding hydrogens is 418 g/mol. The molecule has 3 heterocycles. The molecule has 0 saturated carbocycles. The molecule has 5 rings (SSSR count). The Morgan fingerprint density at radius 1 is 1.12 bits per heavy atom. The predicted octanol–water partition coefficient (Wildman–Crippen LogP) is 5.27. The number of anilines is 2. The van der Waals surface area contributed by atoms with Crippen molar-refractivity contribution in [3.63, 3.8) is 0 Å². The number of pyridine rings is 1. The molecule has 0 amide bonds. The fraction of sp³-hybridized carbons (Fsp3) is 0.231. The molecule has 7 heteroatoms. The first-order chi connectivity index (χ1) is 16.1. The second-order valence-corrected chi connectivity index (χ2v) is 7.89. The summed E-state index contributed by atoms with van der Waals surface area (Å²) >= 11 is 0. The number of nitrogens with zero attached hydrogens (tertiary/aromatic N) is 3. The van der Waals surface area contributed by atoms with Crippen LogP contribution in [0.25, 0.3) is 11.0 Å². The lowest BCUT2D eigenvalue weighted by atomic mass is 10.1. The summed E-state index contributed by atoms with van der Waals surface area (Å²) in [5, 5.41) is 10.1. The van der Waals surface area contributed by atoms with Crippen LogP contribution < -0.4 is 9.64 Å². The van der Waals surface area contributed by atoms with E-state index in [1.807, 2.05) is 67.7 Å². The molecule has 1 fully saturated rings. The van der Waals surface area contributed by atoms with Gasteiger partial charge in [0.15, 0.2) is 17.1 Å². The number of furan rings is 1. The minimum Gasteiger partial charge on any atom is -0.493 e. The van der Waals surface area contributed by atoms with Crippen LogP contribution in [0.3, 0.4) is 0 Å². The molecule has 0 radical (unpaired) electrons. The van der Waals surface area contributed by atoms with Gasteiger partial charge in [0.2, 0.25) is 5.79 Å². The highest BCUT2D eigenvalue weighted by Crippen LogP contribution is 2.43. The Morgan fingerprint density at radius 3 is 2.58 bits per heavy atom. The Hall–Kier alpha value is -3.86. The van der Waals surface area contributed by atoms with E-state index in [4.69, 9.17) is 18.6 Å². The number of hydrogen-bond donors (Lipinski definition) is 0. The van der Waals surface area contributed by atoms with Crippen molar-refractivity contribution in [1.82, 2.24) is 4.98 Å². The Bertz CT molecular complexity index is 1300. The van der Waals surface area contributed by atoms with Gasteiger partial charge in [0.25, 0.3) is 0 Å². The first-order valence-electron chi connectivity index (χ1n) is 10.7. The highest BCUT2D eigenvalue weighted by Gasteiger charge is 2.37. The lowest BCUT2D eigenvalue weighted by Crippen LogP contribution is -2.21. The van der Waals surface area contributed by atoms with Crippen LogP contribution in [-0.2, 0) is 21.8 Å². The highest BCUT2D eigenvalue weighted by molar-refractivity contribution is 5.97. The molecule has 0 bridgehead atoms. The van der Waals surface area contributed by atoms with E-state index >= 15 is 0 Å². The van der Waals surface area contributed by atoms with E-state index in [1.54, 1.807) is 13.3 Å². The van der Waals surface area contributed by atoms with E-state index in [9.17, 15) is 5.26 Å². The first kappa shape index (κ1) is 21.0. The summed E-state index contributed by atoms with van der Waals surface area (Å²) in [5.41, 5.74) is 4.13. The molecule has 0 atom stereocenters. The standard InChI is InChI=1S/C26H23N3O4/c1-26(31-12-13-32-26)24-14-21-22(9-10-23(30-2)25(21)33-24)29(17-19-4-3-11-28-16-19)20-7-5-18(15-27)6-8-20/h3-11,14,16H,12-13,17H2,1-2H3. The lowest BCUT2D eigenvalue weighted by molar-refractivity contribution is -0.162. The van der Waals surface area contributed by atoms with Crippen LogP contribution in [0, 0.1) is 11.3 Å².